The molecule has 2 aliphatic carbocycles. The van der Waals surface area contributed by atoms with E-state index in [1.54, 1.807) is 0 Å². The van der Waals surface area contributed by atoms with Crippen molar-refractivity contribution in [2.24, 2.45) is 35.0 Å². The fraction of sp³-hybridized carbons (Fsp3) is 0.917. The fourth-order valence-electron chi connectivity index (χ4n) is 5.09. The molecule has 162 valence electrons. The number of carboxylic acid groups (broad SMARTS) is 1. The number of aliphatic carboxylic acids is 1. The van der Waals surface area contributed by atoms with Gasteiger partial charge in [0.1, 0.15) is 6.10 Å². The first-order valence-corrected chi connectivity index (χ1v) is 11.5. The van der Waals surface area contributed by atoms with E-state index in [-0.39, 0.29) is 17.5 Å². The molecule has 4 nitrogen and oxygen atoms in total. The van der Waals surface area contributed by atoms with Gasteiger partial charge in [0.05, 0.1) is 11.8 Å². The van der Waals surface area contributed by atoms with E-state index in [1.165, 1.54) is 12.8 Å². The van der Waals surface area contributed by atoms with Crippen LogP contribution in [0.25, 0.3) is 0 Å². The number of carbonyl (C=O) groups is 2. The number of esters is 1. The van der Waals surface area contributed by atoms with Crippen molar-refractivity contribution in [2.75, 3.05) is 0 Å². The van der Waals surface area contributed by atoms with Crippen molar-refractivity contribution in [1.82, 2.24) is 0 Å². The summed E-state index contributed by atoms with van der Waals surface area (Å²) in [5.74, 6) is -0.202. The predicted octanol–water partition coefficient (Wildman–Crippen LogP) is 6.08. The summed E-state index contributed by atoms with van der Waals surface area (Å²) in [6.07, 6.45) is 9.59. The molecule has 28 heavy (non-hydrogen) atoms. The molecular weight excluding hydrogens is 352 g/mol. The predicted molar refractivity (Wildman–Crippen MR) is 112 cm³/mol. The van der Waals surface area contributed by atoms with E-state index >= 15 is 0 Å². The van der Waals surface area contributed by atoms with Crippen LogP contribution in [0.5, 0.6) is 0 Å². The van der Waals surface area contributed by atoms with E-state index in [9.17, 15) is 14.7 Å². The molecule has 0 heterocycles. The van der Waals surface area contributed by atoms with Crippen LogP contribution in [-0.4, -0.2) is 23.1 Å². The molecule has 0 amide bonds. The topological polar surface area (TPSA) is 63.6 Å². The summed E-state index contributed by atoms with van der Waals surface area (Å²) >= 11 is 0. The molecule has 0 saturated heterocycles. The minimum atomic E-state index is -0.842. The molecule has 0 aromatic carbocycles. The lowest BCUT2D eigenvalue weighted by Crippen LogP contribution is -2.38. The maximum absolute atomic E-state index is 13.0. The summed E-state index contributed by atoms with van der Waals surface area (Å²) < 4.78 is 6.10. The number of carboxylic acids is 1. The SMILES string of the molecule is CC(C)C1CCC(C(CCC(C)(C)C)OC(=O)C2CCCCC2C(=O)O)CC1. The van der Waals surface area contributed by atoms with Crippen molar-refractivity contribution in [1.29, 1.82) is 0 Å². The van der Waals surface area contributed by atoms with Crippen molar-refractivity contribution < 1.29 is 19.4 Å². The van der Waals surface area contributed by atoms with E-state index < -0.39 is 17.8 Å². The molecule has 3 atom stereocenters. The van der Waals surface area contributed by atoms with Crippen molar-refractivity contribution in [2.45, 2.75) is 105 Å². The Morgan fingerprint density at radius 1 is 0.929 bits per heavy atom. The zero-order chi connectivity index (χ0) is 20.9. The van der Waals surface area contributed by atoms with Gasteiger partial charge in [0, 0.05) is 0 Å². The zero-order valence-corrected chi connectivity index (χ0v) is 18.7. The van der Waals surface area contributed by atoms with Gasteiger partial charge in [-0.1, -0.05) is 47.5 Å². The second-order valence-corrected chi connectivity index (χ2v) is 10.8. The number of hydrogen-bond donors (Lipinski definition) is 1. The molecule has 2 fully saturated rings. The van der Waals surface area contributed by atoms with Crippen molar-refractivity contribution >= 4 is 11.9 Å². The first kappa shape index (κ1) is 23.2. The third-order valence-corrected chi connectivity index (χ3v) is 7.12. The van der Waals surface area contributed by atoms with Gasteiger partial charge in [0.2, 0.25) is 0 Å². The minimum absolute atomic E-state index is 0.0591. The van der Waals surface area contributed by atoms with Crippen LogP contribution < -0.4 is 0 Å². The van der Waals surface area contributed by atoms with Gasteiger partial charge < -0.3 is 9.84 Å². The monoisotopic (exact) mass is 394 g/mol. The molecule has 2 saturated carbocycles. The number of ether oxygens (including phenoxy) is 1. The Morgan fingerprint density at radius 3 is 1.96 bits per heavy atom. The standard InChI is InChI=1S/C24H42O4/c1-16(2)17-10-12-18(13-11-17)21(14-15-24(3,4)5)28-23(27)20-9-7-6-8-19(20)22(25)26/h16-21H,6-15H2,1-5H3,(H,25,26). The lowest BCUT2D eigenvalue weighted by Gasteiger charge is -2.37. The molecule has 0 spiro atoms. The van der Waals surface area contributed by atoms with Crippen molar-refractivity contribution in [3.63, 3.8) is 0 Å². The maximum atomic E-state index is 13.0. The highest BCUT2D eigenvalue weighted by atomic mass is 16.5. The van der Waals surface area contributed by atoms with E-state index in [0.29, 0.717) is 18.8 Å². The highest BCUT2D eigenvalue weighted by Gasteiger charge is 2.39. The van der Waals surface area contributed by atoms with Gasteiger partial charge >= 0.3 is 11.9 Å². The van der Waals surface area contributed by atoms with Crippen LogP contribution in [0.3, 0.4) is 0 Å². The quantitative estimate of drug-likeness (QED) is 0.532. The van der Waals surface area contributed by atoms with Crippen LogP contribution in [0, 0.1) is 35.0 Å². The first-order valence-electron chi connectivity index (χ1n) is 11.5. The number of rotatable bonds is 7. The Morgan fingerprint density at radius 2 is 1.46 bits per heavy atom. The highest BCUT2D eigenvalue weighted by Crippen LogP contribution is 2.39. The van der Waals surface area contributed by atoms with Gasteiger partial charge in [-0.15, -0.1) is 0 Å². The van der Waals surface area contributed by atoms with Gasteiger partial charge in [-0.3, -0.25) is 9.59 Å². The van der Waals surface area contributed by atoms with Crippen LogP contribution in [-0.2, 0) is 14.3 Å². The summed E-state index contributed by atoms with van der Waals surface area (Å²) in [5.41, 5.74) is 0.203. The second-order valence-electron chi connectivity index (χ2n) is 10.8. The molecule has 0 aliphatic heterocycles. The van der Waals surface area contributed by atoms with Crippen LogP contribution in [0.2, 0.25) is 0 Å². The maximum Gasteiger partial charge on any atom is 0.310 e. The van der Waals surface area contributed by atoms with Gasteiger partial charge in [-0.25, -0.2) is 0 Å². The van der Waals surface area contributed by atoms with Crippen LogP contribution in [0.1, 0.15) is 98.8 Å². The van der Waals surface area contributed by atoms with E-state index in [1.807, 2.05) is 0 Å². The summed E-state index contributed by atoms with van der Waals surface area (Å²) in [4.78, 5) is 24.6. The fourth-order valence-corrected chi connectivity index (χ4v) is 5.09. The Kier molecular flexibility index (Phi) is 8.39. The van der Waals surface area contributed by atoms with E-state index in [2.05, 4.69) is 34.6 Å². The van der Waals surface area contributed by atoms with Crippen LogP contribution in [0.4, 0.5) is 0 Å². The van der Waals surface area contributed by atoms with Gasteiger partial charge in [-0.2, -0.15) is 0 Å². The average Bonchev–Trinajstić information content (AvgIpc) is 2.64. The molecule has 4 heteroatoms. The Balaban J connectivity index is 2.04. The lowest BCUT2D eigenvalue weighted by molar-refractivity contribution is -0.167. The molecule has 0 bridgehead atoms. The third-order valence-electron chi connectivity index (χ3n) is 7.12. The molecule has 2 aliphatic rings. The lowest BCUT2D eigenvalue weighted by atomic mass is 9.73. The van der Waals surface area contributed by atoms with E-state index in [0.717, 1.165) is 50.4 Å². The summed E-state index contributed by atoms with van der Waals surface area (Å²) in [7, 11) is 0. The van der Waals surface area contributed by atoms with Gasteiger partial charge in [0.25, 0.3) is 0 Å². The highest BCUT2D eigenvalue weighted by molar-refractivity contribution is 5.81. The summed E-state index contributed by atoms with van der Waals surface area (Å²) in [6.45, 7) is 11.3. The largest absolute Gasteiger partial charge is 0.481 e. The molecule has 3 unspecified atom stereocenters. The number of carbonyl (C=O) groups excluding carboxylic acids is 1. The second kappa shape index (κ2) is 10.1. The van der Waals surface area contributed by atoms with E-state index in [4.69, 9.17) is 4.74 Å². The average molecular weight is 395 g/mol. The Bertz CT molecular complexity index is 511. The molecule has 2 rings (SSSR count). The molecule has 0 aromatic rings. The Labute approximate surface area is 171 Å². The minimum Gasteiger partial charge on any atom is -0.481 e. The summed E-state index contributed by atoms with van der Waals surface area (Å²) in [5, 5.41) is 9.52. The zero-order valence-electron chi connectivity index (χ0n) is 18.7. The molecule has 0 radical (unpaired) electrons. The van der Waals surface area contributed by atoms with Crippen LogP contribution in [0.15, 0.2) is 0 Å². The Hall–Kier alpha value is -1.06. The van der Waals surface area contributed by atoms with Gasteiger partial charge in [0.15, 0.2) is 0 Å². The molecule has 1 N–H and O–H groups in total. The third kappa shape index (κ3) is 6.77. The first-order chi connectivity index (χ1) is 13.1. The van der Waals surface area contributed by atoms with Crippen LogP contribution >= 0.6 is 0 Å². The smallest absolute Gasteiger partial charge is 0.310 e. The number of hydrogen-bond acceptors (Lipinski definition) is 3. The normalized spacial score (nSPS) is 30.1. The van der Waals surface area contributed by atoms with Crippen molar-refractivity contribution in [3.05, 3.63) is 0 Å². The molecule has 0 aromatic heterocycles. The van der Waals surface area contributed by atoms with Crippen molar-refractivity contribution in [3.8, 4) is 0 Å². The molecular formula is C24H42O4. The van der Waals surface area contributed by atoms with Gasteiger partial charge in [-0.05, 0) is 74.5 Å². The summed E-state index contributed by atoms with van der Waals surface area (Å²) in [6, 6.07) is 0.